The lowest BCUT2D eigenvalue weighted by Crippen LogP contribution is -1.90. The molecule has 0 bridgehead atoms. The van der Waals surface area contributed by atoms with Crippen molar-refractivity contribution in [2.24, 2.45) is 0 Å². The summed E-state index contributed by atoms with van der Waals surface area (Å²) in [6, 6.07) is 0. The Balaban J connectivity index is 4.00. The standard InChI is InChI=1S/C4H2ClF3O/c5-4(9)2(6)1-3(7)8/h1,3H. The summed E-state index contributed by atoms with van der Waals surface area (Å²) in [6.45, 7) is 0. The van der Waals surface area contributed by atoms with Crippen LogP contribution in [-0.2, 0) is 4.79 Å². The van der Waals surface area contributed by atoms with E-state index in [0.29, 0.717) is 0 Å². The van der Waals surface area contributed by atoms with E-state index in [2.05, 4.69) is 11.6 Å². The summed E-state index contributed by atoms with van der Waals surface area (Å²) in [5.41, 5.74) is 0. The van der Waals surface area contributed by atoms with Crippen molar-refractivity contribution >= 4 is 16.8 Å². The Morgan fingerprint density at radius 1 is 1.56 bits per heavy atom. The Hall–Kier alpha value is -0.510. The van der Waals surface area contributed by atoms with Gasteiger partial charge in [0.05, 0.1) is 0 Å². The molecule has 1 nitrogen and oxygen atoms in total. The van der Waals surface area contributed by atoms with Crippen molar-refractivity contribution in [1.29, 1.82) is 0 Å². The first-order valence-electron chi connectivity index (χ1n) is 1.89. The third kappa shape index (κ3) is 4.02. The summed E-state index contributed by atoms with van der Waals surface area (Å²) in [4.78, 5) is 9.67. The number of hydrogen-bond acceptors (Lipinski definition) is 1. The second-order valence-electron chi connectivity index (χ2n) is 1.12. The topological polar surface area (TPSA) is 17.1 Å². The molecule has 0 aromatic carbocycles. The SMILES string of the molecule is O=C(Cl)C(F)=CC(F)F. The maximum absolute atomic E-state index is 11.7. The van der Waals surface area contributed by atoms with Crippen LogP contribution >= 0.6 is 11.6 Å². The fourth-order valence-corrected chi connectivity index (χ4v) is 0.239. The van der Waals surface area contributed by atoms with Crippen LogP contribution in [-0.4, -0.2) is 11.7 Å². The number of carbonyl (C=O) groups is 1. The maximum atomic E-state index is 11.7. The highest BCUT2D eigenvalue weighted by atomic mass is 35.5. The fourth-order valence-electron chi connectivity index (χ4n) is 0.176. The molecule has 0 aliphatic carbocycles. The smallest absolute Gasteiger partial charge is 0.273 e. The van der Waals surface area contributed by atoms with Gasteiger partial charge in [-0.3, -0.25) is 4.79 Å². The molecule has 0 radical (unpaired) electrons. The number of carbonyl (C=O) groups excluding carboxylic acids is 1. The third-order valence-corrected chi connectivity index (χ3v) is 0.641. The van der Waals surface area contributed by atoms with E-state index < -0.39 is 17.5 Å². The molecule has 9 heavy (non-hydrogen) atoms. The summed E-state index contributed by atoms with van der Waals surface area (Å²) in [7, 11) is 0. The number of halogens is 4. The minimum Gasteiger partial charge on any atom is -0.273 e. The Labute approximate surface area is 54.1 Å². The Morgan fingerprint density at radius 3 is 2.11 bits per heavy atom. The largest absolute Gasteiger partial charge is 0.280 e. The van der Waals surface area contributed by atoms with E-state index in [4.69, 9.17) is 0 Å². The van der Waals surface area contributed by atoms with E-state index in [9.17, 15) is 18.0 Å². The minimum absolute atomic E-state index is 0.157. The van der Waals surface area contributed by atoms with E-state index in [-0.39, 0.29) is 6.08 Å². The minimum atomic E-state index is -2.98. The van der Waals surface area contributed by atoms with E-state index >= 15 is 0 Å². The van der Waals surface area contributed by atoms with Crippen molar-refractivity contribution in [2.75, 3.05) is 0 Å². The lowest BCUT2D eigenvalue weighted by atomic mass is 10.5. The first-order valence-corrected chi connectivity index (χ1v) is 2.27. The monoisotopic (exact) mass is 158 g/mol. The molecule has 0 aliphatic rings. The third-order valence-electron chi connectivity index (χ3n) is 0.460. The molecule has 52 valence electrons. The van der Waals surface area contributed by atoms with Crippen LogP contribution < -0.4 is 0 Å². The van der Waals surface area contributed by atoms with E-state index in [0.717, 1.165) is 0 Å². The van der Waals surface area contributed by atoms with Crippen molar-refractivity contribution in [3.63, 3.8) is 0 Å². The molecule has 0 saturated carbocycles. The molecule has 0 aromatic rings. The molecular weight excluding hydrogens is 156 g/mol. The van der Waals surface area contributed by atoms with Crippen molar-refractivity contribution in [3.8, 4) is 0 Å². The van der Waals surface area contributed by atoms with Gasteiger partial charge in [0.15, 0.2) is 5.83 Å². The molecule has 0 rings (SSSR count). The van der Waals surface area contributed by atoms with Crippen LogP contribution in [0, 0.1) is 0 Å². The Bertz CT molecular complexity index is 143. The first-order chi connectivity index (χ1) is 4.04. The first kappa shape index (κ1) is 8.49. The summed E-state index contributed by atoms with van der Waals surface area (Å²) < 4.78 is 33.9. The average Bonchev–Trinajstić information content (AvgIpc) is 1.63. The zero-order valence-corrected chi connectivity index (χ0v) is 4.83. The number of hydrogen-bond donors (Lipinski definition) is 0. The van der Waals surface area contributed by atoms with E-state index in [1.807, 2.05) is 0 Å². The second-order valence-corrected chi connectivity index (χ2v) is 1.47. The molecule has 0 heterocycles. The van der Waals surface area contributed by atoms with Crippen LogP contribution in [0.15, 0.2) is 11.9 Å². The van der Waals surface area contributed by atoms with Crippen LogP contribution in [0.1, 0.15) is 0 Å². The van der Waals surface area contributed by atoms with Crippen molar-refractivity contribution in [2.45, 2.75) is 6.43 Å². The van der Waals surface area contributed by atoms with Gasteiger partial charge < -0.3 is 0 Å². The van der Waals surface area contributed by atoms with Crippen LogP contribution in [0.3, 0.4) is 0 Å². The number of allylic oxidation sites excluding steroid dienone is 2. The Morgan fingerprint density at radius 2 is 2.00 bits per heavy atom. The van der Waals surface area contributed by atoms with Gasteiger partial charge in [0.2, 0.25) is 0 Å². The molecule has 0 aliphatic heterocycles. The summed E-state index contributed by atoms with van der Waals surface area (Å²) in [5, 5.41) is -1.50. The molecule has 0 spiro atoms. The highest BCUT2D eigenvalue weighted by molar-refractivity contribution is 6.67. The molecule has 0 aromatic heterocycles. The van der Waals surface area contributed by atoms with E-state index in [1.165, 1.54) is 0 Å². The number of alkyl halides is 2. The van der Waals surface area contributed by atoms with Crippen LogP contribution in [0.5, 0.6) is 0 Å². The zero-order chi connectivity index (χ0) is 7.44. The maximum Gasteiger partial charge on any atom is 0.280 e. The fraction of sp³-hybridized carbons (Fsp3) is 0.250. The van der Waals surface area contributed by atoms with Gasteiger partial charge in [-0.1, -0.05) is 0 Å². The summed E-state index contributed by atoms with van der Waals surface area (Å²) in [6.07, 6.45) is -3.14. The van der Waals surface area contributed by atoms with Gasteiger partial charge >= 0.3 is 0 Å². The molecule has 0 fully saturated rings. The van der Waals surface area contributed by atoms with Gasteiger partial charge in [0.1, 0.15) is 0 Å². The van der Waals surface area contributed by atoms with Crippen LogP contribution in [0.2, 0.25) is 0 Å². The van der Waals surface area contributed by atoms with Crippen LogP contribution in [0.4, 0.5) is 13.2 Å². The summed E-state index contributed by atoms with van der Waals surface area (Å²) >= 11 is 4.46. The predicted molar refractivity (Wildman–Crippen MR) is 26.1 cm³/mol. The quantitative estimate of drug-likeness (QED) is 0.443. The second kappa shape index (κ2) is 3.50. The summed E-state index contributed by atoms with van der Waals surface area (Å²) in [5.74, 6) is -1.62. The normalized spacial score (nSPS) is 12.3. The molecule has 0 N–H and O–H groups in total. The van der Waals surface area contributed by atoms with Gasteiger partial charge in [-0.25, -0.2) is 13.2 Å². The molecular formula is C4H2ClF3O. The van der Waals surface area contributed by atoms with Gasteiger partial charge in [-0.05, 0) is 11.6 Å². The average molecular weight is 159 g/mol. The van der Waals surface area contributed by atoms with Gasteiger partial charge in [0, 0.05) is 6.08 Å². The zero-order valence-electron chi connectivity index (χ0n) is 4.07. The lowest BCUT2D eigenvalue weighted by Gasteiger charge is -1.85. The highest BCUT2D eigenvalue weighted by Crippen LogP contribution is 2.05. The van der Waals surface area contributed by atoms with Crippen LogP contribution in [0.25, 0.3) is 0 Å². The molecule has 0 saturated heterocycles. The van der Waals surface area contributed by atoms with Crippen molar-refractivity contribution < 1.29 is 18.0 Å². The molecule has 5 heteroatoms. The molecule has 0 amide bonds. The highest BCUT2D eigenvalue weighted by Gasteiger charge is 2.07. The van der Waals surface area contributed by atoms with Gasteiger partial charge in [0.25, 0.3) is 11.7 Å². The number of rotatable bonds is 2. The lowest BCUT2D eigenvalue weighted by molar-refractivity contribution is -0.109. The van der Waals surface area contributed by atoms with Crippen molar-refractivity contribution in [1.82, 2.24) is 0 Å². The van der Waals surface area contributed by atoms with Gasteiger partial charge in [-0.15, -0.1) is 0 Å². The van der Waals surface area contributed by atoms with Crippen molar-refractivity contribution in [3.05, 3.63) is 11.9 Å². The predicted octanol–water partition coefficient (Wildman–Crippen LogP) is 1.87. The molecule has 0 unspecified atom stereocenters. The van der Waals surface area contributed by atoms with E-state index in [1.54, 1.807) is 0 Å². The van der Waals surface area contributed by atoms with Gasteiger partial charge in [-0.2, -0.15) is 0 Å². The molecule has 0 atom stereocenters. The Kier molecular flexibility index (Phi) is 3.30.